The number of benzene rings is 1. The van der Waals surface area contributed by atoms with Crippen LogP contribution in [0, 0.1) is 0 Å². The molecule has 0 saturated carbocycles. The van der Waals surface area contributed by atoms with E-state index in [1.807, 2.05) is 10.6 Å². The highest BCUT2D eigenvalue weighted by Gasteiger charge is 2.35. The Balaban J connectivity index is 1.38. The van der Waals surface area contributed by atoms with Crippen LogP contribution in [0.5, 0.6) is 5.75 Å². The van der Waals surface area contributed by atoms with Crippen molar-refractivity contribution < 1.29 is 27.4 Å². The number of rotatable bonds is 10. The van der Waals surface area contributed by atoms with Crippen LogP contribution < -0.4 is 10.5 Å². The van der Waals surface area contributed by atoms with Crippen molar-refractivity contribution in [3.05, 3.63) is 70.6 Å². The number of hydrogen-bond acceptors (Lipinski definition) is 8. The monoisotopic (exact) mass is 588 g/mol. The molecule has 0 aliphatic carbocycles. The van der Waals surface area contributed by atoms with Gasteiger partial charge in [-0.25, -0.2) is 4.98 Å². The van der Waals surface area contributed by atoms with Crippen LogP contribution in [0.2, 0.25) is 0 Å². The minimum absolute atomic E-state index is 0.0357. The van der Waals surface area contributed by atoms with Gasteiger partial charge >= 0.3 is 6.18 Å². The molecular formula is C28H31F3N6O3S. The molecule has 41 heavy (non-hydrogen) atoms. The van der Waals surface area contributed by atoms with Gasteiger partial charge in [-0.3, -0.25) is 24.1 Å². The van der Waals surface area contributed by atoms with Gasteiger partial charge < -0.3 is 15.2 Å². The Labute approximate surface area is 239 Å². The number of imidazole rings is 1. The van der Waals surface area contributed by atoms with Crippen molar-refractivity contribution in [3.63, 3.8) is 0 Å². The normalized spacial score (nSPS) is 15.8. The summed E-state index contributed by atoms with van der Waals surface area (Å²) in [4.78, 5) is 26.2. The fourth-order valence-corrected chi connectivity index (χ4v) is 5.87. The van der Waals surface area contributed by atoms with Crippen molar-refractivity contribution in [1.82, 2.24) is 24.3 Å². The van der Waals surface area contributed by atoms with E-state index < -0.39 is 23.8 Å². The first-order valence-corrected chi connectivity index (χ1v) is 14.0. The van der Waals surface area contributed by atoms with Gasteiger partial charge in [0.25, 0.3) is 5.91 Å². The predicted octanol–water partition coefficient (Wildman–Crippen LogP) is 4.50. The lowest BCUT2D eigenvalue weighted by Crippen LogP contribution is -2.46. The van der Waals surface area contributed by atoms with Crippen LogP contribution in [0.3, 0.4) is 0 Å². The average Bonchev–Trinajstić information content (AvgIpc) is 3.56. The number of aromatic nitrogens is 3. The Kier molecular flexibility index (Phi) is 8.59. The third-order valence-electron chi connectivity index (χ3n) is 7.11. The number of halogens is 3. The number of thiophene rings is 1. The molecule has 0 radical (unpaired) electrons. The molecule has 1 aliphatic rings. The van der Waals surface area contributed by atoms with Gasteiger partial charge in [0.05, 0.1) is 29.6 Å². The maximum Gasteiger partial charge on any atom is 0.416 e. The Bertz CT molecular complexity index is 1510. The van der Waals surface area contributed by atoms with E-state index in [1.165, 1.54) is 25.1 Å². The van der Waals surface area contributed by atoms with Crippen molar-refractivity contribution in [1.29, 1.82) is 0 Å². The Morgan fingerprint density at radius 1 is 1.12 bits per heavy atom. The molecule has 0 unspecified atom stereocenters. The first-order valence-electron chi connectivity index (χ1n) is 13.2. The van der Waals surface area contributed by atoms with E-state index in [4.69, 9.17) is 15.2 Å². The number of pyridine rings is 1. The van der Waals surface area contributed by atoms with Gasteiger partial charge in [-0.1, -0.05) is 18.2 Å². The van der Waals surface area contributed by atoms with E-state index in [1.54, 1.807) is 25.7 Å². The van der Waals surface area contributed by atoms with Crippen LogP contribution in [0.25, 0.3) is 16.0 Å². The van der Waals surface area contributed by atoms with Crippen molar-refractivity contribution in [2.75, 3.05) is 46.4 Å². The number of methoxy groups -OCH3 is 1. The van der Waals surface area contributed by atoms with Gasteiger partial charge in [0.2, 0.25) is 0 Å². The SMILES string of the molecule is COCCN1CCN(Cc2cc3c(cn2)ncn3-c2cc(O[C@H](C)c3ccccc3C(F)(F)F)c(C(N)=O)s2)CC1. The molecule has 3 aromatic heterocycles. The second-order valence-electron chi connectivity index (χ2n) is 9.88. The van der Waals surface area contributed by atoms with E-state index in [0.717, 1.165) is 67.9 Å². The molecular weight excluding hydrogens is 557 g/mol. The fourth-order valence-electron chi connectivity index (χ4n) is 4.94. The fraction of sp³-hybridized carbons (Fsp3) is 0.393. The first kappa shape index (κ1) is 29.0. The average molecular weight is 589 g/mol. The van der Waals surface area contributed by atoms with Crippen molar-refractivity contribution >= 4 is 28.3 Å². The lowest BCUT2D eigenvalue weighted by molar-refractivity contribution is -0.139. The molecule has 1 saturated heterocycles. The van der Waals surface area contributed by atoms with E-state index in [-0.39, 0.29) is 16.2 Å². The molecule has 1 atom stereocenters. The molecule has 13 heteroatoms. The third-order valence-corrected chi connectivity index (χ3v) is 8.24. The standard InChI is InChI=1S/C28H31F3N6O3S/c1-18(20-5-3-4-6-21(20)28(29,30)31)40-24-14-25(41-26(24)27(32)38)37-17-34-22-15-33-19(13-23(22)37)16-36-9-7-35(8-10-36)11-12-39-2/h3-6,13-15,17-18H,7-12,16H2,1-2H3,(H2,32,38)/t18-/m1/s1. The summed E-state index contributed by atoms with van der Waals surface area (Å²) in [6.07, 6.45) is -2.20. The summed E-state index contributed by atoms with van der Waals surface area (Å²) in [7, 11) is 1.71. The van der Waals surface area contributed by atoms with Gasteiger partial charge in [-0.2, -0.15) is 13.2 Å². The predicted molar refractivity (Wildman–Crippen MR) is 149 cm³/mol. The molecule has 0 bridgehead atoms. The van der Waals surface area contributed by atoms with E-state index >= 15 is 0 Å². The summed E-state index contributed by atoms with van der Waals surface area (Å²) in [6.45, 7) is 7.59. The number of nitrogens with zero attached hydrogens (tertiary/aromatic N) is 5. The topological polar surface area (TPSA) is 98.7 Å². The van der Waals surface area contributed by atoms with Crippen LogP contribution in [-0.4, -0.2) is 76.7 Å². The maximum absolute atomic E-state index is 13.6. The minimum atomic E-state index is -4.54. The van der Waals surface area contributed by atoms with Gasteiger partial charge in [-0.05, 0) is 19.1 Å². The number of alkyl halides is 3. The number of amides is 1. The highest BCUT2D eigenvalue weighted by Crippen LogP contribution is 2.39. The second kappa shape index (κ2) is 12.1. The summed E-state index contributed by atoms with van der Waals surface area (Å²) in [5.41, 5.74) is 7.14. The molecule has 5 rings (SSSR count). The van der Waals surface area contributed by atoms with Gasteiger partial charge in [0.15, 0.2) is 0 Å². The zero-order valence-electron chi connectivity index (χ0n) is 22.7. The summed E-state index contributed by atoms with van der Waals surface area (Å²) in [6, 6.07) is 8.79. The lowest BCUT2D eigenvalue weighted by atomic mass is 10.0. The van der Waals surface area contributed by atoms with Gasteiger partial charge in [-0.15, -0.1) is 11.3 Å². The Hall–Kier alpha value is -3.52. The smallest absolute Gasteiger partial charge is 0.416 e. The number of carbonyl (C=O) groups is 1. The highest BCUT2D eigenvalue weighted by atomic mass is 32.1. The van der Waals surface area contributed by atoms with Gasteiger partial charge in [0, 0.05) is 58.0 Å². The zero-order chi connectivity index (χ0) is 29.1. The van der Waals surface area contributed by atoms with E-state index in [0.29, 0.717) is 17.1 Å². The molecule has 1 aliphatic heterocycles. The summed E-state index contributed by atoms with van der Waals surface area (Å²) >= 11 is 1.09. The largest absolute Gasteiger partial charge is 0.484 e. The summed E-state index contributed by atoms with van der Waals surface area (Å²) in [5.74, 6) is -0.617. The van der Waals surface area contributed by atoms with Crippen molar-refractivity contribution in [2.45, 2.75) is 25.7 Å². The number of hydrogen-bond donors (Lipinski definition) is 1. The quantitative estimate of drug-likeness (QED) is 0.291. The summed E-state index contributed by atoms with van der Waals surface area (Å²) < 4.78 is 53.7. The second-order valence-corrected chi connectivity index (χ2v) is 10.9. The van der Waals surface area contributed by atoms with Crippen LogP contribution in [-0.2, 0) is 17.5 Å². The Morgan fingerprint density at radius 3 is 2.56 bits per heavy atom. The van der Waals surface area contributed by atoms with Gasteiger partial charge in [0.1, 0.15) is 33.6 Å². The third kappa shape index (κ3) is 6.53. The van der Waals surface area contributed by atoms with Crippen LogP contribution in [0.15, 0.2) is 48.9 Å². The van der Waals surface area contributed by atoms with Crippen LogP contribution >= 0.6 is 11.3 Å². The number of fused-ring (bicyclic) bond motifs is 1. The molecule has 9 nitrogen and oxygen atoms in total. The van der Waals surface area contributed by atoms with Crippen molar-refractivity contribution in [2.24, 2.45) is 5.73 Å². The molecule has 1 amide bonds. The molecule has 1 aromatic carbocycles. The molecule has 4 heterocycles. The molecule has 4 aromatic rings. The summed E-state index contributed by atoms with van der Waals surface area (Å²) in [5, 5.41) is 0.594. The zero-order valence-corrected chi connectivity index (χ0v) is 23.5. The Morgan fingerprint density at radius 2 is 1.85 bits per heavy atom. The lowest BCUT2D eigenvalue weighted by Gasteiger charge is -2.34. The number of carbonyl (C=O) groups excluding carboxylic acids is 1. The molecule has 0 spiro atoms. The van der Waals surface area contributed by atoms with Crippen LogP contribution in [0.4, 0.5) is 13.2 Å². The van der Waals surface area contributed by atoms with E-state index in [2.05, 4.69) is 19.8 Å². The number of ether oxygens (including phenoxy) is 2. The van der Waals surface area contributed by atoms with Crippen molar-refractivity contribution in [3.8, 4) is 10.8 Å². The number of primary amides is 1. The molecule has 218 valence electrons. The van der Waals surface area contributed by atoms with E-state index in [9.17, 15) is 18.0 Å². The maximum atomic E-state index is 13.6. The molecule has 2 N–H and O–H groups in total. The first-order chi connectivity index (χ1) is 19.6. The number of piperazine rings is 1. The number of nitrogens with two attached hydrogens (primary N) is 1. The van der Waals surface area contributed by atoms with Crippen LogP contribution in [0.1, 0.15) is 39.5 Å². The minimum Gasteiger partial charge on any atom is -0.484 e. The highest BCUT2D eigenvalue weighted by molar-refractivity contribution is 7.16. The molecule has 1 fully saturated rings.